The number of aryl methyl sites for hydroxylation is 1. The smallest absolute Gasteiger partial charge is 0.228 e. The molecule has 7 heteroatoms. The molecular weight excluding hydrogens is 326 g/mol. The molecule has 0 bridgehead atoms. The highest BCUT2D eigenvalue weighted by Crippen LogP contribution is 2.32. The highest BCUT2D eigenvalue weighted by molar-refractivity contribution is 7.98. The number of pyridine rings is 1. The number of hydrogen-bond acceptors (Lipinski definition) is 5. The predicted molar refractivity (Wildman–Crippen MR) is 91.3 cm³/mol. The third-order valence-electron chi connectivity index (χ3n) is 2.85. The zero-order chi connectivity index (χ0) is 15.4. The van der Waals surface area contributed by atoms with E-state index < -0.39 is 0 Å². The van der Waals surface area contributed by atoms with Gasteiger partial charge in [-0.1, -0.05) is 29.9 Å². The lowest BCUT2D eigenvalue weighted by Gasteiger charge is -2.09. The van der Waals surface area contributed by atoms with Gasteiger partial charge in [-0.15, -0.1) is 0 Å². The summed E-state index contributed by atoms with van der Waals surface area (Å²) in [5, 5.41) is 5.10. The summed E-state index contributed by atoms with van der Waals surface area (Å²) >= 11 is 9.04. The van der Waals surface area contributed by atoms with Crippen LogP contribution in [0.5, 0.6) is 0 Å². The third-order valence-corrected chi connectivity index (χ3v) is 5.01. The van der Waals surface area contributed by atoms with Crippen LogP contribution in [0.1, 0.15) is 12.6 Å². The maximum Gasteiger partial charge on any atom is 0.228 e. The van der Waals surface area contributed by atoms with E-state index in [2.05, 4.69) is 15.3 Å². The largest absolute Gasteiger partial charge is 0.316 e. The first-order valence-electron chi connectivity index (χ1n) is 6.39. The molecule has 0 saturated carbocycles. The van der Waals surface area contributed by atoms with Crippen molar-refractivity contribution in [2.75, 3.05) is 17.3 Å². The molecule has 1 atom stereocenters. The van der Waals surface area contributed by atoms with Gasteiger partial charge in [-0.2, -0.15) is 11.8 Å². The fourth-order valence-electron chi connectivity index (χ4n) is 1.73. The van der Waals surface area contributed by atoms with Crippen molar-refractivity contribution in [3.8, 4) is 10.6 Å². The number of thioether (sulfide) groups is 1. The number of hydrogen-bond donors (Lipinski definition) is 1. The van der Waals surface area contributed by atoms with E-state index in [1.807, 2.05) is 26.2 Å². The Hall–Kier alpha value is -1.11. The minimum atomic E-state index is -0.0298. The summed E-state index contributed by atoms with van der Waals surface area (Å²) in [5.41, 5.74) is 1.66. The van der Waals surface area contributed by atoms with Gasteiger partial charge < -0.3 is 5.32 Å². The minimum Gasteiger partial charge on any atom is -0.316 e. The van der Waals surface area contributed by atoms with Gasteiger partial charge in [0.1, 0.15) is 10.0 Å². The molecule has 2 heterocycles. The highest BCUT2D eigenvalue weighted by Gasteiger charge is 2.16. The Labute approximate surface area is 137 Å². The SMILES string of the molecule is CSCC(C)C(=O)Nc1sc(-c2cncc(Cl)c2)nc1C. The number of carbonyl (C=O) groups excluding carboxylic acids is 1. The van der Waals surface area contributed by atoms with Crippen molar-refractivity contribution in [3.63, 3.8) is 0 Å². The van der Waals surface area contributed by atoms with Crippen molar-refractivity contribution in [1.29, 1.82) is 0 Å². The summed E-state index contributed by atoms with van der Waals surface area (Å²) in [5.74, 6) is 0.791. The lowest BCUT2D eigenvalue weighted by molar-refractivity contribution is -0.118. The molecule has 0 fully saturated rings. The number of halogens is 1. The summed E-state index contributed by atoms with van der Waals surface area (Å²) in [6.45, 7) is 3.80. The van der Waals surface area contributed by atoms with Crippen LogP contribution in [0.25, 0.3) is 10.6 Å². The second-order valence-electron chi connectivity index (χ2n) is 4.67. The molecule has 2 aromatic rings. The van der Waals surface area contributed by atoms with Crippen molar-refractivity contribution in [3.05, 3.63) is 29.2 Å². The highest BCUT2D eigenvalue weighted by atomic mass is 35.5. The number of thiazole rings is 1. The van der Waals surface area contributed by atoms with Crippen LogP contribution in [0.2, 0.25) is 5.02 Å². The fourth-order valence-corrected chi connectivity index (χ4v) is 3.50. The van der Waals surface area contributed by atoms with E-state index in [4.69, 9.17) is 11.6 Å². The Bertz CT molecular complexity index is 645. The molecule has 1 unspecified atom stereocenters. The molecule has 0 aliphatic heterocycles. The third kappa shape index (κ3) is 4.18. The summed E-state index contributed by atoms with van der Waals surface area (Å²) < 4.78 is 0. The number of aromatic nitrogens is 2. The molecule has 4 nitrogen and oxygen atoms in total. The molecular formula is C14H16ClN3OS2. The van der Waals surface area contributed by atoms with E-state index >= 15 is 0 Å². The first-order valence-corrected chi connectivity index (χ1v) is 8.98. The summed E-state index contributed by atoms with van der Waals surface area (Å²) in [4.78, 5) is 20.6. The number of nitrogens with one attached hydrogen (secondary N) is 1. The van der Waals surface area contributed by atoms with Crippen LogP contribution in [-0.2, 0) is 4.79 Å². The van der Waals surface area contributed by atoms with E-state index in [0.717, 1.165) is 27.0 Å². The van der Waals surface area contributed by atoms with Crippen molar-refractivity contribution in [1.82, 2.24) is 9.97 Å². The maximum atomic E-state index is 12.1. The molecule has 2 aromatic heterocycles. The number of nitrogens with zero attached hydrogens (tertiary/aromatic N) is 2. The van der Waals surface area contributed by atoms with E-state index in [1.165, 1.54) is 11.3 Å². The van der Waals surface area contributed by atoms with Crippen LogP contribution in [-0.4, -0.2) is 27.9 Å². The number of carbonyl (C=O) groups is 1. The minimum absolute atomic E-state index is 0.0202. The standard InChI is InChI=1S/C14H16ClN3OS2/c1-8(7-20-3)12(19)18-13-9(2)17-14(21-13)10-4-11(15)6-16-5-10/h4-6,8H,7H2,1-3H3,(H,18,19). The Morgan fingerprint density at radius 1 is 1.52 bits per heavy atom. The Morgan fingerprint density at radius 2 is 2.29 bits per heavy atom. The van der Waals surface area contributed by atoms with Gasteiger partial charge in [-0.3, -0.25) is 9.78 Å². The second kappa shape index (κ2) is 7.24. The molecule has 1 amide bonds. The van der Waals surface area contributed by atoms with E-state index in [0.29, 0.717) is 5.02 Å². The second-order valence-corrected chi connectivity index (χ2v) is 7.02. The van der Waals surface area contributed by atoms with E-state index in [9.17, 15) is 4.79 Å². The summed E-state index contributed by atoms with van der Waals surface area (Å²) in [6, 6.07) is 1.81. The van der Waals surface area contributed by atoms with Crippen LogP contribution in [0.4, 0.5) is 5.00 Å². The van der Waals surface area contributed by atoms with E-state index in [-0.39, 0.29) is 11.8 Å². The molecule has 21 heavy (non-hydrogen) atoms. The van der Waals surface area contributed by atoms with Gasteiger partial charge in [0.05, 0.1) is 10.7 Å². The van der Waals surface area contributed by atoms with Gasteiger partial charge in [-0.05, 0) is 19.2 Å². The van der Waals surface area contributed by atoms with Gasteiger partial charge in [0.25, 0.3) is 0 Å². The lowest BCUT2D eigenvalue weighted by Crippen LogP contribution is -2.21. The van der Waals surface area contributed by atoms with Crippen LogP contribution < -0.4 is 5.32 Å². The van der Waals surface area contributed by atoms with Crippen LogP contribution >= 0.6 is 34.7 Å². The average Bonchev–Trinajstić information content (AvgIpc) is 2.80. The monoisotopic (exact) mass is 341 g/mol. The molecule has 0 aliphatic carbocycles. The van der Waals surface area contributed by atoms with Crippen LogP contribution in [0.3, 0.4) is 0 Å². The van der Waals surface area contributed by atoms with Gasteiger partial charge in [0, 0.05) is 29.6 Å². The molecule has 2 rings (SSSR count). The molecule has 1 N–H and O–H groups in total. The van der Waals surface area contributed by atoms with Gasteiger partial charge in [-0.25, -0.2) is 4.98 Å². The van der Waals surface area contributed by atoms with Crippen molar-refractivity contribution in [2.24, 2.45) is 5.92 Å². The molecule has 0 spiro atoms. The Kier molecular flexibility index (Phi) is 5.61. The lowest BCUT2D eigenvalue weighted by atomic mass is 10.2. The Balaban J connectivity index is 2.18. The normalized spacial score (nSPS) is 12.2. The zero-order valence-corrected chi connectivity index (χ0v) is 14.4. The first-order chi connectivity index (χ1) is 10.0. The number of rotatable bonds is 5. The van der Waals surface area contributed by atoms with Gasteiger partial charge >= 0.3 is 0 Å². The van der Waals surface area contributed by atoms with Crippen LogP contribution in [0, 0.1) is 12.8 Å². The quantitative estimate of drug-likeness (QED) is 0.889. The molecule has 0 saturated heterocycles. The van der Waals surface area contributed by atoms with Gasteiger partial charge in [0.2, 0.25) is 5.91 Å². The first kappa shape index (κ1) is 16.3. The van der Waals surface area contributed by atoms with Crippen molar-refractivity contribution >= 4 is 45.6 Å². The van der Waals surface area contributed by atoms with Gasteiger partial charge in [0.15, 0.2) is 0 Å². The number of amides is 1. The number of anilines is 1. The van der Waals surface area contributed by atoms with E-state index in [1.54, 1.807) is 24.2 Å². The molecule has 112 valence electrons. The zero-order valence-electron chi connectivity index (χ0n) is 12.0. The van der Waals surface area contributed by atoms with Crippen molar-refractivity contribution < 1.29 is 4.79 Å². The topological polar surface area (TPSA) is 54.9 Å². The average molecular weight is 342 g/mol. The Morgan fingerprint density at radius 3 is 2.95 bits per heavy atom. The van der Waals surface area contributed by atoms with Crippen molar-refractivity contribution in [2.45, 2.75) is 13.8 Å². The molecule has 0 radical (unpaired) electrons. The molecule has 0 aromatic carbocycles. The fraction of sp³-hybridized carbons (Fsp3) is 0.357. The molecule has 0 aliphatic rings. The maximum absolute atomic E-state index is 12.1. The summed E-state index contributed by atoms with van der Waals surface area (Å²) in [7, 11) is 0. The predicted octanol–water partition coefficient (Wildman–Crippen LogP) is 4.10. The van der Waals surface area contributed by atoms with Crippen LogP contribution in [0.15, 0.2) is 18.5 Å². The summed E-state index contributed by atoms with van der Waals surface area (Å²) in [6.07, 6.45) is 5.29.